The van der Waals surface area contributed by atoms with E-state index in [0.29, 0.717) is 12.8 Å². The van der Waals surface area contributed by atoms with Crippen LogP contribution in [-0.4, -0.2) is 37.2 Å². The van der Waals surface area contributed by atoms with Crippen molar-refractivity contribution in [2.24, 2.45) is 0 Å². The van der Waals surface area contributed by atoms with Crippen molar-refractivity contribution >= 4 is 17.6 Å². The van der Waals surface area contributed by atoms with Crippen LogP contribution < -0.4 is 5.32 Å². The molecule has 1 aliphatic rings. The van der Waals surface area contributed by atoms with Gasteiger partial charge in [0.2, 0.25) is 0 Å². The van der Waals surface area contributed by atoms with Crippen molar-refractivity contribution in [3.8, 4) is 5.69 Å². The van der Waals surface area contributed by atoms with Gasteiger partial charge in [-0.1, -0.05) is 31.4 Å². The molecule has 9 nitrogen and oxygen atoms in total. The first kappa shape index (κ1) is 17.6. The Balaban J connectivity index is 1.85. The summed E-state index contributed by atoms with van der Waals surface area (Å²) in [5.41, 5.74) is -1.19. The summed E-state index contributed by atoms with van der Waals surface area (Å²) in [7, 11) is 0. The number of nitrogens with one attached hydrogen (secondary N) is 1. The van der Waals surface area contributed by atoms with Crippen molar-refractivity contribution in [3.05, 3.63) is 52.3 Å². The number of aliphatic carboxylic acids is 1. The Morgan fingerprint density at radius 2 is 1.88 bits per heavy atom. The summed E-state index contributed by atoms with van der Waals surface area (Å²) in [5, 5.41) is 27.4. The van der Waals surface area contributed by atoms with Gasteiger partial charge in [-0.3, -0.25) is 14.9 Å². The van der Waals surface area contributed by atoms with Crippen molar-refractivity contribution in [2.75, 3.05) is 0 Å². The van der Waals surface area contributed by atoms with Gasteiger partial charge in [0, 0.05) is 12.3 Å². The van der Waals surface area contributed by atoms with Crippen LogP contribution in [0.25, 0.3) is 5.69 Å². The van der Waals surface area contributed by atoms with Gasteiger partial charge in [-0.2, -0.15) is 5.10 Å². The van der Waals surface area contributed by atoms with Crippen LogP contribution in [0.15, 0.2) is 36.5 Å². The molecule has 0 radical (unpaired) electrons. The third kappa shape index (κ3) is 3.28. The van der Waals surface area contributed by atoms with Gasteiger partial charge in [-0.15, -0.1) is 0 Å². The maximum Gasteiger partial charge on any atom is 0.329 e. The van der Waals surface area contributed by atoms with Gasteiger partial charge in [0.1, 0.15) is 11.2 Å². The second-order valence-corrected chi connectivity index (χ2v) is 6.29. The zero-order valence-electron chi connectivity index (χ0n) is 13.9. The lowest BCUT2D eigenvalue weighted by Gasteiger charge is -2.33. The number of amides is 1. The number of aromatic nitrogens is 2. The molecule has 1 aromatic heterocycles. The number of nitro groups is 1. The van der Waals surface area contributed by atoms with E-state index in [0.717, 1.165) is 19.3 Å². The number of carbonyl (C=O) groups is 2. The molecule has 1 aliphatic carbocycles. The third-order valence-corrected chi connectivity index (χ3v) is 4.62. The highest BCUT2D eigenvalue weighted by Crippen LogP contribution is 2.29. The monoisotopic (exact) mass is 358 g/mol. The summed E-state index contributed by atoms with van der Waals surface area (Å²) in [4.78, 5) is 34.8. The van der Waals surface area contributed by atoms with E-state index in [-0.39, 0.29) is 17.1 Å². The van der Waals surface area contributed by atoms with Gasteiger partial charge in [0.05, 0.1) is 4.92 Å². The SMILES string of the molecule is O=C(NC1(C(=O)O)CCCCC1)c1ccn(-c2ccccc2[N+](=O)[O-])n1. The summed E-state index contributed by atoms with van der Waals surface area (Å²) in [6.45, 7) is 0. The molecular weight excluding hydrogens is 340 g/mol. The van der Waals surface area contributed by atoms with Crippen molar-refractivity contribution in [1.29, 1.82) is 0 Å². The number of benzene rings is 1. The minimum absolute atomic E-state index is 0.00866. The van der Waals surface area contributed by atoms with Crippen molar-refractivity contribution < 1.29 is 19.6 Å². The van der Waals surface area contributed by atoms with Crippen LogP contribution in [-0.2, 0) is 4.79 Å². The number of para-hydroxylation sites is 2. The fourth-order valence-corrected chi connectivity index (χ4v) is 3.22. The standard InChI is InChI=1S/C17H18N4O5/c22-15(18-17(16(23)24)9-4-1-5-10-17)12-8-11-20(19-12)13-6-2-3-7-14(13)21(25)26/h2-3,6-8,11H,1,4-5,9-10H2,(H,18,22)(H,23,24). The van der Waals surface area contributed by atoms with Crippen LogP contribution in [0.5, 0.6) is 0 Å². The zero-order valence-corrected chi connectivity index (χ0v) is 13.9. The molecule has 136 valence electrons. The Morgan fingerprint density at radius 3 is 2.54 bits per heavy atom. The van der Waals surface area contributed by atoms with Crippen LogP contribution in [0.1, 0.15) is 42.6 Å². The van der Waals surface area contributed by atoms with Crippen molar-refractivity contribution in [3.63, 3.8) is 0 Å². The summed E-state index contributed by atoms with van der Waals surface area (Å²) < 4.78 is 1.24. The molecule has 1 fully saturated rings. The molecule has 0 saturated heterocycles. The molecule has 0 bridgehead atoms. The number of carboxylic acids is 1. The van der Waals surface area contributed by atoms with Crippen LogP contribution in [0, 0.1) is 10.1 Å². The second-order valence-electron chi connectivity index (χ2n) is 6.29. The predicted molar refractivity (Wildman–Crippen MR) is 91.1 cm³/mol. The first-order valence-corrected chi connectivity index (χ1v) is 8.28. The van der Waals surface area contributed by atoms with Crippen LogP contribution >= 0.6 is 0 Å². The van der Waals surface area contributed by atoms with Gasteiger partial charge >= 0.3 is 5.97 Å². The van der Waals surface area contributed by atoms with E-state index in [2.05, 4.69) is 10.4 Å². The Labute approximate surface area is 148 Å². The molecule has 3 rings (SSSR count). The second kappa shape index (κ2) is 6.95. The molecule has 1 aromatic carbocycles. The van der Waals surface area contributed by atoms with Crippen LogP contribution in [0.2, 0.25) is 0 Å². The number of nitro benzene ring substituents is 1. The fraction of sp³-hybridized carbons (Fsp3) is 0.353. The Kier molecular flexibility index (Phi) is 4.70. The van der Waals surface area contributed by atoms with Gasteiger partial charge in [0.15, 0.2) is 5.69 Å². The van der Waals surface area contributed by atoms with E-state index in [1.165, 1.54) is 29.1 Å². The first-order chi connectivity index (χ1) is 12.4. The molecular formula is C17H18N4O5. The highest BCUT2D eigenvalue weighted by atomic mass is 16.6. The highest BCUT2D eigenvalue weighted by Gasteiger charge is 2.41. The van der Waals surface area contributed by atoms with Crippen LogP contribution in [0.3, 0.4) is 0 Å². The molecule has 1 saturated carbocycles. The minimum Gasteiger partial charge on any atom is -0.480 e. The maximum absolute atomic E-state index is 12.5. The van der Waals surface area contributed by atoms with Gasteiger partial charge in [-0.05, 0) is 25.0 Å². The van der Waals surface area contributed by atoms with Crippen molar-refractivity contribution in [2.45, 2.75) is 37.6 Å². The lowest BCUT2D eigenvalue weighted by Crippen LogP contribution is -2.55. The van der Waals surface area contributed by atoms with Crippen LogP contribution in [0.4, 0.5) is 5.69 Å². The van der Waals surface area contributed by atoms with E-state index in [1.54, 1.807) is 12.1 Å². The Hall–Kier alpha value is -3.23. The summed E-state index contributed by atoms with van der Waals surface area (Å²) in [6, 6.07) is 7.44. The molecule has 9 heteroatoms. The van der Waals surface area contributed by atoms with E-state index < -0.39 is 22.3 Å². The molecule has 0 aliphatic heterocycles. The lowest BCUT2D eigenvalue weighted by atomic mass is 9.81. The summed E-state index contributed by atoms with van der Waals surface area (Å²) in [6.07, 6.45) is 4.59. The minimum atomic E-state index is -1.28. The van der Waals surface area contributed by atoms with Gasteiger partial charge < -0.3 is 10.4 Å². The van der Waals surface area contributed by atoms with Gasteiger partial charge in [0.25, 0.3) is 11.6 Å². The molecule has 1 heterocycles. The molecule has 2 aromatic rings. The van der Waals surface area contributed by atoms with E-state index in [4.69, 9.17) is 0 Å². The predicted octanol–water partition coefficient (Wildman–Crippen LogP) is 2.30. The number of rotatable bonds is 5. The number of hydrogen-bond donors (Lipinski definition) is 2. The third-order valence-electron chi connectivity index (χ3n) is 4.62. The quantitative estimate of drug-likeness (QED) is 0.623. The number of carbonyl (C=O) groups excluding carboxylic acids is 1. The first-order valence-electron chi connectivity index (χ1n) is 8.28. The zero-order chi connectivity index (χ0) is 18.7. The number of nitrogens with zero attached hydrogens (tertiary/aromatic N) is 3. The number of carboxylic acid groups (broad SMARTS) is 1. The fourth-order valence-electron chi connectivity index (χ4n) is 3.22. The average molecular weight is 358 g/mol. The van der Waals surface area contributed by atoms with Gasteiger partial charge in [-0.25, -0.2) is 9.48 Å². The van der Waals surface area contributed by atoms with E-state index in [9.17, 15) is 24.8 Å². The summed E-state index contributed by atoms with van der Waals surface area (Å²) in [5.74, 6) is -1.66. The molecule has 0 unspecified atom stereocenters. The van der Waals surface area contributed by atoms with E-state index >= 15 is 0 Å². The largest absolute Gasteiger partial charge is 0.480 e. The summed E-state index contributed by atoms with van der Waals surface area (Å²) >= 11 is 0. The molecule has 2 N–H and O–H groups in total. The number of hydrogen-bond acceptors (Lipinski definition) is 5. The Bertz CT molecular complexity index is 854. The average Bonchev–Trinajstić information content (AvgIpc) is 3.12. The normalized spacial score (nSPS) is 16.0. The highest BCUT2D eigenvalue weighted by molar-refractivity contribution is 5.96. The van der Waals surface area contributed by atoms with E-state index in [1.807, 2.05) is 0 Å². The smallest absolute Gasteiger partial charge is 0.329 e. The van der Waals surface area contributed by atoms with Crippen molar-refractivity contribution in [1.82, 2.24) is 15.1 Å². The maximum atomic E-state index is 12.5. The molecule has 26 heavy (non-hydrogen) atoms. The molecule has 0 spiro atoms. The topological polar surface area (TPSA) is 127 Å². The molecule has 1 amide bonds. The molecule has 0 atom stereocenters. The lowest BCUT2D eigenvalue weighted by molar-refractivity contribution is -0.384. The Morgan fingerprint density at radius 1 is 1.19 bits per heavy atom.